The van der Waals surface area contributed by atoms with E-state index in [1.807, 2.05) is 36.4 Å². The van der Waals surface area contributed by atoms with Crippen molar-refractivity contribution in [2.45, 2.75) is 13.0 Å². The molecule has 0 aliphatic carbocycles. The second kappa shape index (κ2) is 7.45. The van der Waals surface area contributed by atoms with Gasteiger partial charge in [0.25, 0.3) is 5.91 Å². The molecule has 4 rings (SSSR count). The molecule has 1 aliphatic heterocycles. The molecule has 4 nitrogen and oxygen atoms in total. The molecule has 0 bridgehead atoms. The first-order chi connectivity index (χ1) is 13.1. The number of halogens is 1. The zero-order valence-electron chi connectivity index (χ0n) is 14.8. The first kappa shape index (κ1) is 17.6. The summed E-state index contributed by atoms with van der Waals surface area (Å²) in [6, 6.07) is 21.5. The highest BCUT2D eigenvalue weighted by Gasteiger charge is 2.19. The molecule has 0 radical (unpaired) electrons. The molecule has 1 amide bonds. The van der Waals surface area contributed by atoms with Crippen molar-refractivity contribution in [1.82, 2.24) is 0 Å². The average Bonchev–Trinajstić information content (AvgIpc) is 3.06. The van der Waals surface area contributed by atoms with Crippen LogP contribution in [-0.4, -0.2) is 12.5 Å². The average molecular weight is 422 g/mol. The van der Waals surface area contributed by atoms with Gasteiger partial charge in [0.1, 0.15) is 0 Å². The predicted octanol–water partition coefficient (Wildman–Crippen LogP) is 4.85. The number of nitrogens with two attached hydrogens (primary N) is 1. The molecule has 27 heavy (non-hydrogen) atoms. The predicted molar refractivity (Wildman–Crippen MR) is 114 cm³/mol. The lowest BCUT2D eigenvalue weighted by Crippen LogP contribution is -2.19. The van der Waals surface area contributed by atoms with Crippen molar-refractivity contribution in [2.24, 2.45) is 0 Å². The molecule has 0 saturated heterocycles. The van der Waals surface area contributed by atoms with Gasteiger partial charge in [-0.3, -0.25) is 4.79 Å². The molecule has 0 atom stereocenters. The minimum atomic E-state index is -0.157. The number of nitrogen functional groups attached to an aromatic ring is 1. The summed E-state index contributed by atoms with van der Waals surface area (Å²) in [6.07, 6.45) is 1.06. The molecule has 136 valence electrons. The van der Waals surface area contributed by atoms with Crippen LogP contribution in [0.15, 0.2) is 71.2 Å². The summed E-state index contributed by atoms with van der Waals surface area (Å²) < 4.78 is 1.12. The van der Waals surface area contributed by atoms with Crippen LogP contribution in [-0.2, 0) is 13.0 Å². The van der Waals surface area contributed by atoms with Crippen molar-refractivity contribution in [3.05, 3.63) is 87.9 Å². The van der Waals surface area contributed by atoms with Gasteiger partial charge in [0.05, 0.1) is 11.4 Å². The van der Waals surface area contributed by atoms with E-state index >= 15 is 0 Å². The van der Waals surface area contributed by atoms with Crippen LogP contribution in [0.3, 0.4) is 0 Å². The quantitative estimate of drug-likeness (QED) is 0.592. The maximum Gasteiger partial charge on any atom is 0.255 e. The normalized spacial score (nSPS) is 12.7. The van der Waals surface area contributed by atoms with E-state index in [0.29, 0.717) is 16.9 Å². The van der Waals surface area contributed by atoms with E-state index in [2.05, 4.69) is 44.3 Å². The largest absolute Gasteiger partial charge is 0.397 e. The number of carbonyl (C=O) groups excluding carboxylic acids is 1. The minimum Gasteiger partial charge on any atom is -0.397 e. The Bertz CT molecular complexity index is 985. The first-order valence-electron chi connectivity index (χ1n) is 8.88. The van der Waals surface area contributed by atoms with Crippen LogP contribution in [0, 0.1) is 0 Å². The van der Waals surface area contributed by atoms with Crippen molar-refractivity contribution in [2.75, 3.05) is 22.5 Å². The summed E-state index contributed by atoms with van der Waals surface area (Å²) in [5.74, 6) is -0.157. The highest BCUT2D eigenvalue weighted by Crippen LogP contribution is 2.31. The SMILES string of the molecule is Nc1ccccc1NC(=O)c1ccc(CN2CCc3cc(Br)ccc32)cc1. The van der Waals surface area contributed by atoms with Crippen LogP contribution in [0.2, 0.25) is 0 Å². The topological polar surface area (TPSA) is 58.4 Å². The van der Waals surface area contributed by atoms with Crippen LogP contribution in [0.4, 0.5) is 17.1 Å². The fourth-order valence-electron chi connectivity index (χ4n) is 3.39. The molecule has 0 fully saturated rings. The standard InChI is InChI=1S/C22H20BrN3O/c23-18-9-10-21-17(13-18)11-12-26(21)14-15-5-7-16(8-6-15)22(27)25-20-4-2-1-3-19(20)24/h1-10,13H,11-12,14,24H2,(H,25,27). The lowest BCUT2D eigenvalue weighted by Gasteiger charge is -2.19. The summed E-state index contributed by atoms with van der Waals surface area (Å²) >= 11 is 3.54. The van der Waals surface area contributed by atoms with E-state index in [1.165, 1.54) is 16.8 Å². The minimum absolute atomic E-state index is 0.157. The van der Waals surface area contributed by atoms with E-state index in [-0.39, 0.29) is 5.91 Å². The molecule has 1 aliphatic rings. The van der Waals surface area contributed by atoms with Crippen LogP contribution in [0.25, 0.3) is 0 Å². The second-order valence-corrected chi connectivity index (χ2v) is 7.60. The fourth-order valence-corrected chi connectivity index (χ4v) is 3.80. The third-order valence-electron chi connectivity index (χ3n) is 4.83. The summed E-state index contributed by atoms with van der Waals surface area (Å²) in [7, 11) is 0. The molecule has 0 saturated carbocycles. The third kappa shape index (κ3) is 3.83. The Hall–Kier alpha value is -2.79. The number of rotatable bonds is 4. The van der Waals surface area contributed by atoms with E-state index in [1.54, 1.807) is 12.1 Å². The zero-order valence-corrected chi connectivity index (χ0v) is 16.4. The Morgan fingerprint density at radius 3 is 2.63 bits per heavy atom. The van der Waals surface area contributed by atoms with E-state index in [0.717, 1.165) is 24.0 Å². The fraction of sp³-hybridized carbons (Fsp3) is 0.136. The van der Waals surface area contributed by atoms with Gasteiger partial charge < -0.3 is 16.0 Å². The Morgan fingerprint density at radius 1 is 1.07 bits per heavy atom. The highest BCUT2D eigenvalue weighted by atomic mass is 79.9. The van der Waals surface area contributed by atoms with Crippen molar-refractivity contribution < 1.29 is 4.79 Å². The third-order valence-corrected chi connectivity index (χ3v) is 5.33. The van der Waals surface area contributed by atoms with Gasteiger partial charge in [-0.15, -0.1) is 0 Å². The van der Waals surface area contributed by atoms with Gasteiger partial charge in [-0.05, 0) is 60.0 Å². The Balaban J connectivity index is 1.44. The van der Waals surface area contributed by atoms with Crippen LogP contribution in [0.5, 0.6) is 0 Å². The van der Waals surface area contributed by atoms with Gasteiger partial charge in [0.2, 0.25) is 0 Å². The summed E-state index contributed by atoms with van der Waals surface area (Å²) in [5.41, 5.74) is 11.5. The monoisotopic (exact) mass is 421 g/mol. The lowest BCUT2D eigenvalue weighted by atomic mass is 10.1. The van der Waals surface area contributed by atoms with Gasteiger partial charge in [-0.1, -0.05) is 40.2 Å². The van der Waals surface area contributed by atoms with Gasteiger partial charge in [-0.2, -0.15) is 0 Å². The van der Waals surface area contributed by atoms with Crippen molar-refractivity contribution in [3.8, 4) is 0 Å². The molecule has 3 aromatic rings. The van der Waals surface area contributed by atoms with Crippen LogP contribution in [0.1, 0.15) is 21.5 Å². The lowest BCUT2D eigenvalue weighted by molar-refractivity contribution is 0.102. The molecule has 0 aromatic heterocycles. The maximum absolute atomic E-state index is 12.4. The number of anilines is 3. The number of para-hydroxylation sites is 2. The van der Waals surface area contributed by atoms with E-state index in [4.69, 9.17) is 5.73 Å². The van der Waals surface area contributed by atoms with Crippen molar-refractivity contribution in [1.29, 1.82) is 0 Å². The molecule has 1 heterocycles. The number of hydrogen-bond acceptors (Lipinski definition) is 3. The molecule has 3 N–H and O–H groups in total. The molecular weight excluding hydrogens is 402 g/mol. The first-order valence-corrected chi connectivity index (χ1v) is 9.67. The van der Waals surface area contributed by atoms with E-state index in [9.17, 15) is 4.79 Å². The molecule has 0 spiro atoms. The van der Waals surface area contributed by atoms with Gasteiger partial charge >= 0.3 is 0 Å². The maximum atomic E-state index is 12.4. The number of nitrogens with one attached hydrogen (secondary N) is 1. The van der Waals surface area contributed by atoms with Crippen LogP contribution >= 0.6 is 15.9 Å². The Kier molecular flexibility index (Phi) is 4.86. The number of hydrogen-bond donors (Lipinski definition) is 2. The Morgan fingerprint density at radius 2 is 1.85 bits per heavy atom. The Labute approximate surface area is 167 Å². The summed E-state index contributed by atoms with van der Waals surface area (Å²) in [6.45, 7) is 1.85. The van der Waals surface area contributed by atoms with Gasteiger partial charge in [-0.25, -0.2) is 0 Å². The second-order valence-electron chi connectivity index (χ2n) is 6.68. The van der Waals surface area contributed by atoms with Crippen LogP contribution < -0.4 is 16.0 Å². The number of nitrogens with zero attached hydrogens (tertiary/aromatic N) is 1. The summed E-state index contributed by atoms with van der Waals surface area (Å²) in [4.78, 5) is 14.8. The number of amides is 1. The number of benzene rings is 3. The number of fused-ring (bicyclic) bond motifs is 1. The smallest absolute Gasteiger partial charge is 0.255 e. The highest BCUT2D eigenvalue weighted by molar-refractivity contribution is 9.10. The molecular formula is C22H20BrN3O. The summed E-state index contributed by atoms with van der Waals surface area (Å²) in [5, 5.41) is 2.86. The number of carbonyl (C=O) groups is 1. The molecule has 5 heteroatoms. The zero-order chi connectivity index (χ0) is 18.8. The molecule has 3 aromatic carbocycles. The van der Waals surface area contributed by atoms with Gasteiger partial charge in [0.15, 0.2) is 0 Å². The van der Waals surface area contributed by atoms with Gasteiger partial charge in [0, 0.05) is 28.8 Å². The van der Waals surface area contributed by atoms with Crippen molar-refractivity contribution >= 4 is 38.9 Å². The van der Waals surface area contributed by atoms with E-state index < -0.39 is 0 Å². The van der Waals surface area contributed by atoms with Crippen molar-refractivity contribution in [3.63, 3.8) is 0 Å². The molecule has 0 unspecified atom stereocenters.